The van der Waals surface area contributed by atoms with E-state index in [1.807, 2.05) is 0 Å². The number of aliphatic carboxylic acids is 1. The fraction of sp³-hybridized carbons (Fsp3) is 0.444. The van der Waals surface area contributed by atoms with Crippen molar-refractivity contribution in [2.24, 2.45) is 0 Å². The minimum absolute atomic E-state index is 0.172. The second-order valence-corrected chi connectivity index (χ2v) is 3.51. The van der Waals surface area contributed by atoms with Gasteiger partial charge in [-0.2, -0.15) is 4.98 Å². The van der Waals surface area contributed by atoms with E-state index in [4.69, 9.17) is 5.11 Å². The third kappa shape index (κ3) is 1.75. The molecule has 0 amide bonds. The SMILES string of the molecule is O=C(O)Cc1nc(=O)[nH]c2c1C(O)CC2. The number of fused-ring (bicyclic) bond motifs is 1. The first kappa shape index (κ1) is 9.85. The standard InChI is InChI=1S/C9H10N2O4/c12-6-2-1-4-8(6)5(3-7(13)14)11-9(15)10-4/h6,12H,1-3H2,(H,13,14)(H,10,11,15). The van der Waals surface area contributed by atoms with Gasteiger partial charge in [0.25, 0.3) is 0 Å². The van der Waals surface area contributed by atoms with Gasteiger partial charge in [0.2, 0.25) is 0 Å². The first-order valence-corrected chi connectivity index (χ1v) is 4.59. The molecule has 0 saturated carbocycles. The van der Waals surface area contributed by atoms with E-state index in [-0.39, 0.29) is 12.1 Å². The van der Waals surface area contributed by atoms with E-state index in [0.29, 0.717) is 24.1 Å². The maximum atomic E-state index is 11.1. The zero-order valence-electron chi connectivity index (χ0n) is 7.86. The molecule has 6 nitrogen and oxygen atoms in total. The van der Waals surface area contributed by atoms with Gasteiger partial charge >= 0.3 is 11.7 Å². The number of rotatable bonds is 2. The lowest BCUT2D eigenvalue weighted by Crippen LogP contribution is -2.19. The quantitative estimate of drug-likeness (QED) is 0.603. The molecule has 0 spiro atoms. The highest BCUT2D eigenvalue weighted by Gasteiger charge is 2.26. The molecule has 0 radical (unpaired) electrons. The van der Waals surface area contributed by atoms with Gasteiger partial charge in [-0.1, -0.05) is 0 Å². The van der Waals surface area contributed by atoms with Crippen LogP contribution in [-0.2, 0) is 17.6 Å². The summed E-state index contributed by atoms with van der Waals surface area (Å²) in [6.45, 7) is 0. The number of hydrogen-bond acceptors (Lipinski definition) is 4. The Kier molecular flexibility index (Phi) is 2.28. The Labute approximate surface area is 84.6 Å². The number of nitrogens with zero attached hydrogens (tertiary/aromatic N) is 1. The topological polar surface area (TPSA) is 103 Å². The summed E-state index contributed by atoms with van der Waals surface area (Å²) < 4.78 is 0. The maximum absolute atomic E-state index is 11.1. The van der Waals surface area contributed by atoms with Crippen molar-refractivity contribution in [1.29, 1.82) is 0 Å². The summed E-state index contributed by atoms with van der Waals surface area (Å²) in [7, 11) is 0. The van der Waals surface area contributed by atoms with Gasteiger partial charge in [-0.25, -0.2) is 4.79 Å². The zero-order chi connectivity index (χ0) is 11.0. The van der Waals surface area contributed by atoms with Crippen LogP contribution in [0.15, 0.2) is 4.79 Å². The van der Waals surface area contributed by atoms with Gasteiger partial charge < -0.3 is 15.2 Å². The van der Waals surface area contributed by atoms with E-state index < -0.39 is 17.8 Å². The molecule has 0 aliphatic heterocycles. The molecule has 1 aliphatic rings. The molecule has 0 fully saturated rings. The number of H-pyrrole nitrogens is 1. The number of aliphatic hydroxyl groups is 1. The van der Waals surface area contributed by atoms with E-state index >= 15 is 0 Å². The van der Waals surface area contributed by atoms with E-state index in [9.17, 15) is 14.7 Å². The van der Waals surface area contributed by atoms with Gasteiger partial charge in [-0.15, -0.1) is 0 Å². The Hall–Kier alpha value is -1.69. The molecule has 1 aromatic heterocycles. The molecule has 0 saturated heterocycles. The Morgan fingerprint density at radius 3 is 3.00 bits per heavy atom. The van der Waals surface area contributed by atoms with Crippen molar-refractivity contribution in [3.63, 3.8) is 0 Å². The fourth-order valence-corrected chi connectivity index (χ4v) is 1.88. The summed E-state index contributed by atoms with van der Waals surface area (Å²) in [5, 5.41) is 18.3. The monoisotopic (exact) mass is 210 g/mol. The molecule has 6 heteroatoms. The summed E-state index contributed by atoms with van der Waals surface area (Å²) in [6.07, 6.45) is 0.0204. The highest BCUT2D eigenvalue weighted by molar-refractivity contribution is 5.70. The van der Waals surface area contributed by atoms with Crippen LogP contribution in [0.4, 0.5) is 0 Å². The van der Waals surface area contributed by atoms with Crippen molar-refractivity contribution < 1.29 is 15.0 Å². The minimum Gasteiger partial charge on any atom is -0.481 e. The predicted octanol–water partition coefficient (Wildman–Crippen LogP) is -0.623. The van der Waals surface area contributed by atoms with Gasteiger partial charge in [-0.3, -0.25) is 4.79 Å². The van der Waals surface area contributed by atoms with Crippen molar-refractivity contribution in [3.05, 3.63) is 27.4 Å². The molecule has 1 heterocycles. The summed E-state index contributed by atoms with van der Waals surface area (Å²) in [4.78, 5) is 27.7. The van der Waals surface area contributed by atoms with Crippen LogP contribution in [0, 0.1) is 0 Å². The van der Waals surface area contributed by atoms with Gasteiger partial charge in [0.1, 0.15) is 0 Å². The molecule has 1 atom stereocenters. The number of aromatic nitrogens is 2. The molecule has 3 N–H and O–H groups in total. The number of aliphatic hydroxyl groups excluding tert-OH is 1. The van der Waals surface area contributed by atoms with Crippen LogP contribution in [-0.4, -0.2) is 26.2 Å². The van der Waals surface area contributed by atoms with Gasteiger partial charge in [-0.05, 0) is 12.8 Å². The third-order valence-corrected chi connectivity index (χ3v) is 2.45. The van der Waals surface area contributed by atoms with Gasteiger partial charge in [0, 0.05) is 11.3 Å². The van der Waals surface area contributed by atoms with Crippen LogP contribution in [0.5, 0.6) is 0 Å². The average molecular weight is 210 g/mol. The summed E-state index contributed by atoms with van der Waals surface area (Å²) in [6, 6.07) is 0. The highest BCUT2D eigenvalue weighted by Crippen LogP contribution is 2.30. The van der Waals surface area contributed by atoms with E-state index in [1.165, 1.54) is 0 Å². The van der Waals surface area contributed by atoms with Crippen LogP contribution in [0.2, 0.25) is 0 Å². The molecule has 1 unspecified atom stereocenters. The molecule has 0 aromatic carbocycles. The largest absolute Gasteiger partial charge is 0.481 e. The zero-order valence-corrected chi connectivity index (χ0v) is 7.86. The third-order valence-electron chi connectivity index (χ3n) is 2.45. The average Bonchev–Trinajstić information content (AvgIpc) is 2.46. The van der Waals surface area contributed by atoms with E-state index in [2.05, 4.69) is 9.97 Å². The first-order valence-electron chi connectivity index (χ1n) is 4.59. The second-order valence-electron chi connectivity index (χ2n) is 3.51. The van der Waals surface area contributed by atoms with Crippen LogP contribution in [0.3, 0.4) is 0 Å². The molecule has 80 valence electrons. The van der Waals surface area contributed by atoms with Crippen molar-refractivity contribution in [2.75, 3.05) is 0 Å². The molecular formula is C9H10N2O4. The number of aryl methyl sites for hydroxylation is 1. The molecular weight excluding hydrogens is 200 g/mol. The van der Waals surface area contributed by atoms with Crippen LogP contribution < -0.4 is 5.69 Å². The summed E-state index contributed by atoms with van der Waals surface area (Å²) in [5.74, 6) is -1.06. The minimum atomic E-state index is -1.06. The lowest BCUT2D eigenvalue weighted by atomic mass is 10.1. The molecule has 1 aromatic rings. The Bertz CT molecular complexity index is 466. The number of aromatic amines is 1. The van der Waals surface area contributed by atoms with Crippen molar-refractivity contribution in [3.8, 4) is 0 Å². The first-order chi connectivity index (χ1) is 7.08. The highest BCUT2D eigenvalue weighted by atomic mass is 16.4. The van der Waals surface area contributed by atoms with Crippen molar-refractivity contribution in [2.45, 2.75) is 25.4 Å². The van der Waals surface area contributed by atoms with Crippen LogP contribution in [0.1, 0.15) is 29.5 Å². The number of carbonyl (C=O) groups is 1. The van der Waals surface area contributed by atoms with Crippen molar-refractivity contribution in [1.82, 2.24) is 9.97 Å². The molecule has 2 rings (SSSR count). The van der Waals surface area contributed by atoms with Crippen LogP contribution >= 0.6 is 0 Å². The molecule has 1 aliphatic carbocycles. The smallest absolute Gasteiger partial charge is 0.345 e. The Balaban J connectivity index is 2.53. The lowest BCUT2D eigenvalue weighted by molar-refractivity contribution is -0.136. The normalized spacial score (nSPS) is 18.9. The number of hydrogen-bond donors (Lipinski definition) is 3. The molecule has 0 bridgehead atoms. The number of carboxylic acid groups (broad SMARTS) is 1. The van der Waals surface area contributed by atoms with Gasteiger partial charge in [0.15, 0.2) is 0 Å². The molecule has 15 heavy (non-hydrogen) atoms. The van der Waals surface area contributed by atoms with Crippen molar-refractivity contribution >= 4 is 5.97 Å². The second kappa shape index (κ2) is 3.47. The van der Waals surface area contributed by atoms with Gasteiger partial charge in [0.05, 0.1) is 18.2 Å². The maximum Gasteiger partial charge on any atom is 0.345 e. The predicted molar refractivity (Wildman–Crippen MR) is 49.5 cm³/mol. The van der Waals surface area contributed by atoms with Crippen LogP contribution in [0.25, 0.3) is 0 Å². The number of nitrogens with one attached hydrogen (secondary N) is 1. The Morgan fingerprint density at radius 2 is 2.33 bits per heavy atom. The Morgan fingerprint density at radius 1 is 1.60 bits per heavy atom. The summed E-state index contributed by atoms with van der Waals surface area (Å²) >= 11 is 0. The fourth-order valence-electron chi connectivity index (χ4n) is 1.88. The lowest BCUT2D eigenvalue weighted by Gasteiger charge is -2.07. The number of carboxylic acids is 1. The summed E-state index contributed by atoms with van der Waals surface area (Å²) in [5.41, 5.74) is 0.709. The van der Waals surface area contributed by atoms with E-state index in [1.54, 1.807) is 0 Å². The van der Waals surface area contributed by atoms with E-state index in [0.717, 1.165) is 0 Å².